The summed E-state index contributed by atoms with van der Waals surface area (Å²) in [6.45, 7) is 0. The Kier molecular flexibility index (Phi) is 4.81. The topological polar surface area (TPSA) is 100 Å². The number of ether oxygens (including phenoxy) is 1. The Morgan fingerprint density at radius 2 is 1.72 bits per heavy atom. The molecular formula is C21H14N4O4. The molecule has 8 nitrogen and oxygen atoms in total. The lowest BCUT2D eigenvalue weighted by Gasteiger charge is -2.11. The molecule has 4 aromatic rings. The van der Waals surface area contributed by atoms with Crippen molar-refractivity contribution in [3.8, 4) is 22.8 Å². The Balaban J connectivity index is 1.69. The van der Waals surface area contributed by atoms with E-state index in [-0.39, 0.29) is 17.0 Å². The Morgan fingerprint density at radius 3 is 2.52 bits per heavy atom. The van der Waals surface area contributed by atoms with Gasteiger partial charge in [0.2, 0.25) is 0 Å². The molecule has 0 saturated carbocycles. The molecule has 0 N–H and O–H groups in total. The minimum atomic E-state index is -0.702. The second kappa shape index (κ2) is 7.73. The van der Waals surface area contributed by atoms with Crippen LogP contribution in [0.25, 0.3) is 17.1 Å². The SMILES string of the molecule is O=C(Oc1ccccc1-c1nncn1-c1ccccc1)c1cccc([N+](=O)[O-])c1. The van der Waals surface area contributed by atoms with Gasteiger partial charge in [-0.05, 0) is 30.3 Å². The van der Waals surface area contributed by atoms with Gasteiger partial charge in [0.1, 0.15) is 12.1 Å². The predicted octanol–water partition coefficient (Wildman–Crippen LogP) is 4.06. The smallest absolute Gasteiger partial charge is 0.343 e. The van der Waals surface area contributed by atoms with Crippen LogP contribution in [0.1, 0.15) is 10.4 Å². The average molecular weight is 386 g/mol. The van der Waals surface area contributed by atoms with Crippen LogP contribution in [0.4, 0.5) is 5.69 Å². The molecule has 1 heterocycles. The lowest BCUT2D eigenvalue weighted by atomic mass is 10.1. The monoisotopic (exact) mass is 386 g/mol. The van der Waals surface area contributed by atoms with Crippen molar-refractivity contribution in [2.24, 2.45) is 0 Å². The molecule has 0 aliphatic rings. The van der Waals surface area contributed by atoms with Crippen LogP contribution in [0.3, 0.4) is 0 Å². The molecule has 0 unspecified atom stereocenters. The van der Waals surface area contributed by atoms with E-state index in [1.165, 1.54) is 24.3 Å². The Labute approximate surface area is 165 Å². The summed E-state index contributed by atoms with van der Waals surface area (Å²) in [5.74, 6) is 0.0692. The van der Waals surface area contributed by atoms with Crippen LogP contribution in [-0.2, 0) is 0 Å². The fraction of sp³-hybridized carbons (Fsp3) is 0. The maximum absolute atomic E-state index is 12.6. The highest BCUT2D eigenvalue weighted by Crippen LogP contribution is 2.30. The Bertz CT molecular complexity index is 1190. The van der Waals surface area contributed by atoms with E-state index in [4.69, 9.17) is 4.74 Å². The third-order valence-electron chi connectivity index (χ3n) is 4.21. The largest absolute Gasteiger partial charge is 0.422 e. The van der Waals surface area contributed by atoms with Crippen LogP contribution >= 0.6 is 0 Å². The molecule has 0 bridgehead atoms. The van der Waals surface area contributed by atoms with Crippen molar-refractivity contribution in [2.45, 2.75) is 0 Å². The van der Waals surface area contributed by atoms with Gasteiger partial charge in [0.05, 0.1) is 16.1 Å². The zero-order chi connectivity index (χ0) is 20.2. The summed E-state index contributed by atoms with van der Waals surface area (Å²) in [6.07, 6.45) is 1.57. The van der Waals surface area contributed by atoms with E-state index < -0.39 is 10.9 Å². The maximum Gasteiger partial charge on any atom is 0.343 e. The Hall–Kier alpha value is -4.33. The number of non-ortho nitro benzene ring substituents is 1. The number of carbonyl (C=O) groups is 1. The van der Waals surface area contributed by atoms with Gasteiger partial charge in [-0.25, -0.2) is 4.79 Å². The highest BCUT2D eigenvalue weighted by molar-refractivity contribution is 5.92. The molecule has 0 atom stereocenters. The van der Waals surface area contributed by atoms with Gasteiger partial charge in [0.15, 0.2) is 5.82 Å². The fourth-order valence-electron chi connectivity index (χ4n) is 2.84. The summed E-state index contributed by atoms with van der Waals surface area (Å²) < 4.78 is 7.32. The van der Waals surface area contributed by atoms with Crippen LogP contribution in [0.15, 0.2) is 85.2 Å². The fourth-order valence-corrected chi connectivity index (χ4v) is 2.84. The quantitative estimate of drug-likeness (QED) is 0.222. The molecule has 0 radical (unpaired) electrons. The number of esters is 1. The van der Waals surface area contributed by atoms with E-state index in [2.05, 4.69) is 10.2 Å². The average Bonchev–Trinajstić information content (AvgIpc) is 3.24. The van der Waals surface area contributed by atoms with Crippen molar-refractivity contribution in [3.05, 3.63) is 101 Å². The minimum absolute atomic E-state index is 0.0820. The number of nitrogens with zero attached hydrogens (tertiary/aromatic N) is 4. The summed E-state index contributed by atoms with van der Waals surface area (Å²) in [7, 11) is 0. The lowest BCUT2D eigenvalue weighted by Crippen LogP contribution is -2.10. The number of para-hydroxylation sites is 2. The summed E-state index contributed by atoms with van der Waals surface area (Å²) >= 11 is 0. The van der Waals surface area contributed by atoms with Crippen LogP contribution in [-0.4, -0.2) is 25.7 Å². The number of nitro groups is 1. The normalized spacial score (nSPS) is 10.5. The first kappa shape index (κ1) is 18.1. The molecule has 1 aromatic heterocycles. The molecule has 142 valence electrons. The molecule has 0 aliphatic heterocycles. The summed E-state index contributed by atoms with van der Waals surface area (Å²) in [5, 5.41) is 19.1. The lowest BCUT2D eigenvalue weighted by molar-refractivity contribution is -0.384. The van der Waals surface area contributed by atoms with Crippen molar-refractivity contribution in [1.29, 1.82) is 0 Å². The van der Waals surface area contributed by atoms with Crippen LogP contribution < -0.4 is 4.74 Å². The first-order valence-electron chi connectivity index (χ1n) is 8.65. The number of hydrogen-bond donors (Lipinski definition) is 0. The third-order valence-corrected chi connectivity index (χ3v) is 4.21. The molecule has 0 fully saturated rings. The van der Waals surface area contributed by atoms with Gasteiger partial charge in [0, 0.05) is 17.8 Å². The third kappa shape index (κ3) is 3.72. The van der Waals surface area contributed by atoms with Gasteiger partial charge in [0.25, 0.3) is 5.69 Å². The van der Waals surface area contributed by atoms with E-state index in [0.717, 1.165) is 5.69 Å². The molecule has 0 spiro atoms. The number of hydrogen-bond acceptors (Lipinski definition) is 6. The van der Waals surface area contributed by atoms with Crippen molar-refractivity contribution in [3.63, 3.8) is 0 Å². The summed E-state index contributed by atoms with van der Waals surface area (Å²) in [4.78, 5) is 23.0. The number of nitro benzene ring substituents is 1. The highest BCUT2D eigenvalue weighted by Gasteiger charge is 2.18. The Morgan fingerprint density at radius 1 is 0.966 bits per heavy atom. The van der Waals surface area contributed by atoms with Crippen LogP contribution in [0.2, 0.25) is 0 Å². The molecule has 8 heteroatoms. The minimum Gasteiger partial charge on any atom is -0.422 e. The standard InChI is InChI=1S/C21H14N4O4/c26-21(15-7-6-10-17(13-15)25(27)28)29-19-12-5-4-11-18(19)20-23-22-14-24(20)16-8-2-1-3-9-16/h1-14H. The zero-order valence-corrected chi connectivity index (χ0v) is 15.0. The predicted molar refractivity (Wildman–Crippen MR) is 105 cm³/mol. The molecule has 3 aromatic carbocycles. The van der Waals surface area contributed by atoms with Gasteiger partial charge >= 0.3 is 5.97 Å². The van der Waals surface area contributed by atoms with E-state index in [9.17, 15) is 14.9 Å². The molecule has 4 rings (SSSR count). The van der Waals surface area contributed by atoms with Crippen LogP contribution in [0, 0.1) is 10.1 Å². The first-order valence-corrected chi connectivity index (χ1v) is 8.65. The number of rotatable bonds is 5. The number of aromatic nitrogens is 3. The second-order valence-electron chi connectivity index (χ2n) is 6.05. The molecule has 0 saturated heterocycles. The molecule has 0 amide bonds. The van der Waals surface area contributed by atoms with E-state index in [1.54, 1.807) is 35.2 Å². The van der Waals surface area contributed by atoms with E-state index >= 15 is 0 Å². The summed E-state index contributed by atoms with van der Waals surface area (Å²) in [6, 6.07) is 21.8. The van der Waals surface area contributed by atoms with Gasteiger partial charge < -0.3 is 4.74 Å². The van der Waals surface area contributed by atoms with Gasteiger partial charge in [-0.3, -0.25) is 14.7 Å². The van der Waals surface area contributed by atoms with E-state index in [0.29, 0.717) is 11.4 Å². The van der Waals surface area contributed by atoms with Gasteiger partial charge in [-0.15, -0.1) is 10.2 Å². The maximum atomic E-state index is 12.6. The van der Waals surface area contributed by atoms with Crippen molar-refractivity contribution >= 4 is 11.7 Å². The van der Waals surface area contributed by atoms with Crippen molar-refractivity contribution in [2.75, 3.05) is 0 Å². The number of benzene rings is 3. The molecule has 29 heavy (non-hydrogen) atoms. The van der Waals surface area contributed by atoms with E-state index in [1.807, 2.05) is 30.3 Å². The van der Waals surface area contributed by atoms with Crippen molar-refractivity contribution in [1.82, 2.24) is 14.8 Å². The molecular weight excluding hydrogens is 372 g/mol. The van der Waals surface area contributed by atoms with Gasteiger partial charge in [-0.1, -0.05) is 36.4 Å². The van der Waals surface area contributed by atoms with Crippen LogP contribution in [0.5, 0.6) is 5.75 Å². The zero-order valence-electron chi connectivity index (χ0n) is 15.0. The molecule has 0 aliphatic carbocycles. The van der Waals surface area contributed by atoms with Crippen molar-refractivity contribution < 1.29 is 14.5 Å². The van der Waals surface area contributed by atoms with Gasteiger partial charge in [-0.2, -0.15) is 0 Å². The summed E-state index contributed by atoms with van der Waals surface area (Å²) in [5.41, 5.74) is 1.31. The first-order chi connectivity index (χ1) is 14.1. The highest BCUT2D eigenvalue weighted by atomic mass is 16.6. The second-order valence-corrected chi connectivity index (χ2v) is 6.05. The number of carbonyl (C=O) groups excluding carboxylic acids is 1.